The Hall–Kier alpha value is -1.30. The van der Waals surface area contributed by atoms with Crippen LogP contribution in [-0.4, -0.2) is 114 Å². The zero-order chi connectivity index (χ0) is 28.7. The Morgan fingerprint density at radius 2 is 1.71 bits per heavy atom. The molecule has 0 aromatic heterocycles. The molecular formula is C28H50N2O8. The first-order chi connectivity index (χ1) is 17.5. The predicted molar refractivity (Wildman–Crippen MR) is 142 cm³/mol. The number of aliphatic hydroxyl groups is 2. The van der Waals surface area contributed by atoms with E-state index in [1.165, 1.54) is 0 Å². The highest BCUT2D eigenvalue weighted by atomic mass is 16.8. The van der Waals surface area contributed by atoms with Crippen LogP contribution in [0.25, 0.3) is 0 Å². The van der Waals surface area contributed by atoms with Gasteiger partial charge in [-0.3, -0.25) is 9.69 Å². The molecule has 3 rings (SSSR count). The summed E-state index contributed by atoms with van der Waals surface area (Å²) >= 11 is 0. The third-order valence-electron chi connectivity index (χ3n) is 9.08. The number of hydrogen-bond acceptors (Lipinski definition) is 10. The SMILES string of the molecule is CC1CC(N(C)C)CC(O[C@@H]2[C@@H](C)[C@H](O)C(C)C(=O)C3(C)OC(=O)OC3C(C)N(C)C[C@H](C)C[C@@]2(C)O)O1. The van der Waals surface area contributed by atoms with Gasteiger partial charge in [0.15, 0.2) is 18.2 Å². The van der Waals surface area contributed by atoms with Crippen LogP contribution in [0, 0.1) is 17.8 Å². The number of fused-ring (bicyclic) bond motifs is 1. The summed E-state index contributed by atoms with van der Waals surface area (Å²) in [4.78, 5) is 30.2. The average molecular weight is 543 g/mol. The van der Waals surface area contributed by atoms with Crippen molar-refractivity contribution in [1.82, 2.24) is 9.80 Å². The molecule has 0 bridgehead atoms. The molecule has 3 aliphatic rings. The number of aliphatic hydroxyl groups excluding tert-OH is 1. The van der Waals surface area contributed by atoms with Gasteiger partial charge in [-0.05, 0) is 67.6 Å². The normalized spacial score (nSPS) is 47.9. The number of nitrogens with zero attached hydrogens (tertiary/aromatic N) is 2. The van der Waals surface area contributed by atoms with Crippen LogP contribution in [-0.2, 0) is 23.7 Å². The number of ether oxygens (including phenoxy) is 4. The van der Waals surface area contributed by atoms with Crippen LogP contribution in [0.2, 0.25) is 0 Å². The molecule has 3 heterocycles. The highest BCUT2D eigenvalue weighted by molar-refractivity contribution is 5.93. The highest BCUT2D eigenvalue weighted by Gasteiger charge is 2.58. The second-order valence-electron chi connectivity index (χ2n) is 12.9. The van der Waals surface area contributed by atoms with Crippen LogP contribution < -0.4 is 0 Å². The molecule has 3 fully saturated rings. The van der Waals surface area contributed by atoms with Gasteiger partial charge in [0, 0.05) is 36.9 Å². The first-order valence-corrected chi connectivity index (χ1v) is 14.0. The van der Waals surface area contributed by atoms with Crippen molar-refractivity contribution in [2.75, 3.05) is 27.7 Å². The molecule has 0 aliphatic carbocycles. The molecule has 0 radical (unpaired) electrons. The molecule has 7 unspecified atom stereocenters. The maximum Gasteiger partial charge on any atom is 0.509 e. The summed E-state index contributed by atoms with van der Waals surface area (Å²) in [6.07, 6.45) is -2.40. The zero-order valence-electron chi connectivity index (χ0n) is 24.8. The zero-order valence-corrected chi connectivity index (χ0v) is 24.8. The minimum absolute atomic E-state index is 0.0202. The number of ketones is 1. The van der Waals surface area contributed by atoms with Gasteiger partial charge in [-0.2, -0.15) is 0 Å². The van der Waals surface area contributed by atoms with Gasteiger partial charge in [0.05, 0.1) is 23.9 Å². The molecular weight excluding hydrogens is 492 g/mol. The van der Waals surface area contributed by atoms with E-state index in [1.54, 1.807) is 27.7 Å². The number of carbonyl (C=O) groups excluding carboxylic acids is 2. The fourth-order valence-electron chi connectivity index (χ4n) is 6.82. The van der Waals surface area contributed by atoms with Gasteiger partial charge in [-0.25, -0.2) is 4.79 Å². The molecule has 220 valence electrons. The number of rotatable bonds is 3. The molecule has 38 heavy (non-hydrogen) atoms. The second kappa shape index (κ2) is 11.7. The van der Waals surface area contributed by atoms with Gasteiger partial charge in [0.1, 0.15) is 0 Å². The van der Waals surface area contributed by atoms with E-state index in [-0.39, 0.29) is 24.1 Å². The van der Waals surface area contributed by atoms with Crippen molar-refractivity contribution in [2.24, 2.45) is 17.8 Å². The summed E-state index contributed by atoms with van der Waals surface area (Å²) in [5, 5.41) is 23.4. The van der Waals surface area contributed by atoms with Crippen LogP contribution in [0.3, 0.4) is 0 Å². The van der Waals surface area contributed by atoms with Gasteiger partial charge in [-0.1, -0.05) is 20.8 Å². The summed E-state index contributed by atoms with van der Waals surface area (Å²) in [6.45, 7) is 13.2. The highest BCUT2D eigenvalue weighted by Crippen LogP contribution is 2.39. The Morgan fingerprint density at radius 3 is 2.32 bits per heavy atom. The van der Waals surface area contributed by atoms with Crippen molar-refractivity contribution in [3.8, 4) is 0 Å². The number of Topliss-reactive ketones (excluding diaryl/α,β-unsaturated/α-hetero) is 1. The van der Waals surface area contributed by atoms with Crippen molar-refractivity contribution in [3.63, 3.8) is 0 Å². The fraction of sp³-hybridized carbons (Fsp3) is 0.929. The van der Waals surface area contributed by atoms with E-state index in [2.05, 4.69) is 4.90 Å². The van der Waals surface area contributed by atoms with E-state index in [4.69, 9.17) is 18.9 Å². The Morgan fingerprint density at radius 1 is 1.08 bits per heavy atom. The van der Waals surface area contributed by atoms with E-state index < -0.39 is 59.6 Å². The first kappa shape index (κ1) is 31.2. The van der Waals surface area contributed by atoms with E-state index in [0.29, 0.717) is 19.4 Å². The van der Waals surface area contributed by atoms with Gasteiger partial charge >= 0.3 is 6.16 Å². The Kier molecular flexibility index (Phi) is 9.59. The third-order valence-corrected chi connectivity index (χ3v) is 9.08. The molecule has 0 aromatic carbocycles. The van der Waals surface area contributed by atoms with Crippen LogP contribution in [0.4, 0.5) is 4.79 Å². The lowest BCUT2D eigenvalue weighted by Crippen LogP contribution is -2.58. The molecule has 10 nitrogen and oxygen atoms in total. The molecule has 0 saturated carbocycles. The Balaban J connectivity index is 1.98. The monoisotopic (exact) mass is 542 g/mol. The summed E-state index contributed by atoms with van der Waals surface area (Å²) in [5.74, 6) is -1.95. The number of carbonyl (C=O) groups is 2. The van der Waals surface area contributed by atoms with Gasteiger partial charge in [0.2, 0.25) is 5.60 Å². The molecule has 10 heteroatoms. The molecule has 3 saturated heterocycles. The second-order valence-corrected chi connectivity index (χ2v) is 12.9. The minimum Gasteiger partial charge on any atom is -0.424 e. The largest absolute Gasteiger partial charge is 0.509 e. The summed E-state index contributed by atoms with van der Waals surface area (Å²) < 4.78 is 23.7. The maximum atomic E-state index is 13.8. The molecule has 2 N–H and O–H groups in total. The Labute approximate surface area is 227 Å². The third kappa shape index (κ3) is 6.36. The molecule has 3 aliphatic heterocycles. The number of hydrogen-bond donors (Lipinski definition) is 2. The first-order valence-electron chi connectivity index (χ1n) is 14.0. The molecule has 0 amide bonds. The maximum absolute atomic E-state index is 13.8. The lowest BCUT2D eigenvalue weighted by Gasteiger charge is -2.45. The summed E-state index contributed by atoms with van der Waals surface area (Å²) in [7, 11) is 5.96. The smallest absolute Gasteiger partial charge is 0.424 e. The van der Waals surface area contributed by atoms with Crippen molar-refractivity contribution >= 4 is 11.9 Å². The van der Waals surface area contributed by atoms with Gasteiger partial charge < -0.3 is 34.1 Å². The van der Waals surface area contributed by atoms with E-state index in [9.17, 15) is 19.8 Å². The van der Waals surface area contributed by atoms with Gasteiger partial charge in [0.25, 0.3) is 0 Å². The van der Waals surface area contributed by atoms with Crippen molar-refractivity contribution in [3.05, 3.63) is 0 Å². The lowest BCUT2D eigenvalue weighted by molar-refractivity contribution is -0.267. The fourth-order valence-corrected chi connectivity index (χ4v) is 6.82. The van der Waals surface area contributed by atoms with Crippen LogP contribution in [0.15, 0.2) is 0 Å². The average Bonchev–Trinajstić information content (AvgIpc) is 3.13. The molecule has 0 spiro atoms. The quantitative estimate of drug-likeness (QED) is 0.515. The van der Waals surface area contributed by atoms with Crippen LogP contribution >= 0.6 is 0 Å². The summed E-state index contributed by atoms with van der Waals surface area (Å²) in [5.41, 5.74) is -2.87. The number of likely N-dealkylation sites (N-methyl/N-ethyl adjacent to an activating group) is 1. The lowest BCUT2D eigenvalue weighted by atomic mass is 9.75. The van der Waals surface area contributed by atoms with E-state index in [0.717, 1.165) is 6.42 Å². The van der Waals surface area contributed by atoms with Crippen molar-refractivity contribution in [1.29, 1.82) is 0 Å². The van der Waals surface area contributed by atoms with E-state index >= 15 is 0 Å². The topological polar surface area (TPSA) is 118 Å². The van der Waals surface area contributed by atoms with Crippen molar-refractivity contribution in [2.45, 2.75) is 122 Å². The minimum atomic E-state index is -1.55. The predicted octanol–water partition coefficient (Wildman–Crippen LogP) is 2.43. The standard InChI is InChI=1S/C28H50N2O8/c1-15-13-27(6,34)24(36-21-12-20(29(8)9)11-16(2)35-21)18(4)22(31)17(3)23(32)28(7)25(37-26(33)38-28)19(5)30(10)14-15/h15-22,24-25,31,34H,11-14H2,1-10H3/t15-,16?,17?,18+,19?,20?,21?,22-,24-,25?,27-,28?/m1/s1. The molecule has 0 aromatic rings. The van der Waals surface area contributed by atoms with Crippen molar-refractivity contribution < 1.29 is 38.7 Å². The Bertz CT molecular complexity index is 853. The van der Waals surface area contributed by atoms with Crippen LogP contribution in [0.1, 0.15) is 67.7 Å². The summed E-state index contributed by atoms with van der Waals surface area (Å²) in [6, 6.07) is -0.0790. The van der Waals surface area contributed by atoms with E-state index in [1.807, 2.05) is 46.8 Å². The van der Waals surface area contributed by atoms with Gasteiger partial charge in [-0.15, -0.1) is 0 Å². The molecule has 12 atom stereocenters. The van der Waals surface area contributed by atoms with Crippen LogP contribution in [0.5, 0.6) is 0 Å².